The van der Waals surface area contributed by atoms with Gasteiger partial charge in [0.2, 0.25) is 0 Å². The first kappa shape index (κ1) is 14.6. The van der Waals surface area contributed by atoms with Gasteiger partial charge in [-0.2, -0.15) is 0 Å². The summed E-state index contributed by atoms with van der Waals surface area (Å²) in [7, 11) is 0. The van der Waals surface area contributed by atoms with Crippen molar-refractivity contribution >= 4 is 40.5 Å². The molecule has 1 aliphatic carbocycles. The van der Waals surface area contributed by atoms with Crippen LogP contribution in [0.4, 0.5) is 11.4 Å². The molecule has 0 fully saturated rings. The summed E-state index contributed by atoms with van der Waals surface area (Å²) in [6.07, 6.45) is 3.68. The standard InChI is InChI=1S/C12H10Cl2N2O4/c13-9-4-8(16(19)20)5-10(14)11(9)15-7-2-1-6(3-7)12(17)18/h1-2,4-7,15H,3H2,(H,17,18). The monoisotopic (exact) mass is 316 g/mol. The Morgan fingerprint density at radius 2 is 1.95 bits per heavy atom. The van der Waals surface area contributed by atoms with Crippen molar-refractivity contribution in [3.8, 4) is 0 Å². The quantitative estimate of drug-likeness (QED) is 0.505. The minimum atomic E-state index is -0.897. The Morgan fingerprint density at radius 1 is 1.35 bits per heavy atom. The minimum absolute atomic E-state index is 0.122. The van der Waals surface area contributed by atoms with E-state index in [9.17, 15) is 14.9 Å². The van der Waals surface area contributed by atoms with Gasteiger partial charge in [0, 0.05) is 18.2 Å². The summed E-state index contributed by atoms with van der Waals surface area (Å²) in [5.41, 5.74) is 0.163. The number of non-ortho nitro benzene ring substituents is 1. The van der Waals surface area contributed by atoms with E-state index in [-0.39, 0.29) is 21.8 Å². The number of hydrogen-bond acceptors (Lipinski definition) is 4. The molecule has 0 spiro atoms. The van der Waals surface area contributed by atoms with Crippen molar-refractivity contribution < 1.29 is 14.8 Å². The zero-order valence-corrected chi connectivity index (χ0v) is 11.6. The average molecular weight is 317 g/mol. The third-order valence-electron chi connectivity index (χ3n) is 2.97. The van der Waals surface area contributed by atoms with Crippen LogP contribution in [0.5, 0.6) is 0 Å². The SMILES string of the molecule is O=C(O)C1C=CC(Nc2c(Cl)cc([N+](=O)[O-])cc2Cl)C1. The number of hydrogen-bond donors (Lipinski definition) is 2. The Kier molecular flexibility index (Phi) is 4.15. The third-order valence-corrected chi connectivity index (χ3v) is 3.56. The van der Waals surface area contributed by atoms with Crippen LogP contribution in [0, 0.1) is 16.0 Å². The maximum atomic E-state index is 10.8. The summed E-state index contributed by atoms with van der Waals surface area (Å²) in [6, 6.07) is 2.17. The number of carboxylic acids is 1. The molecule has 0 bridgehead atoms. The molecule has 2 unspecified atom stereocenters. The molecule has 20 heavy (non-hydrogen) atoms. The molecule has 0 radical (unpaired) electrons. The number of nitro benzene ring substituents is 1. The van der Waals surface area contributed by atoms with Crippen molar-refractivity contribution in [1.82, 2.24) is 0 Å². The Labute approximate surface area is 124 Å². The summed E-state index contributed by atoms with van der Waals surface area (Å²) in [5, 5.41) is 22.8. The highest BCUT2D eigenvalue weighted by Gasteiger charge is 2.25. The molecular weight excluding hydrogens is 307 g/mol. The largest absolute Gasteiger partial charge is 0.481 e. The van der Waals surface area contributed by atoms with Gasteiger partial charge in [-0.15, -0.1) is 0 Å². The molecule has 0 aliphatic heterocycles. The molecule has 106 valence electrons. The van der Waals surface area contributed by atoms with E-state index in [1.165, 1.54) is 12.1 Å². The highest BCUT2D eigenvalue weighted by atomic mass is 35.5. The molecule has 6 nitrogen and oxygen atoms in total. The minimum Gasteiger partial charge on any atom is -0.481 e. The van der Waals surface area contributed by atoms with Crippen molar-refractivity contribution in [3.05, 3.63) is 44.4 Å². The van der Waals surface area contributed by atoms with Crippen LogP contribution in [0.15, 0.2) is 24.3 Å². The predicted octanol–water partition coefficient (Wildman–Crippen LogP) is 3.34. The van der Waals surface area contributed by atoms with Gasteiger partial charge in [-0.25, -0.2) is 0 Å². The maximum absolute atomic E-state index is 10.8. The average Bonchev–Trinajstić information content (AvgIpc) is 2.82. The number of aliphatic carboxylic acids is 1. The van der Waals surface area contributed by atoms with Gasteiger partial charge < -0.3 is 10.4 Å². The lowest BCUT2D eigenvalue weighted by atomic mass is 10.1. The molecule has 1 aromatic rings. The Balaban J connectivity index is 2.17. The molecule has 0 saturated heterocycles. The second kappa shape index (κ2) is 5.68. The highest BCUT2D eigenvalue weighted by molar-refractivity contribution is 6.39. The smallest absolute Gasteiger partial charge is 0.310 e. The van der Waals surface area contributed by atoms with Crippen molar-refractivity contribution in [3.63, 3.8) is 0 Å². The number of benzene rings is 1. The van der Waals surface area contributed by atoms with Crippen LogP contribution in [-0.4, -0.2) is 22.0 Å². The molecule has 2 N–H and O–H groups in total. The van der Waals surface area contributed by atoms with Gasteiger partial charge in [0.05, 0.1) is 26.6 Å². The fourth-order valence-corrected chi connectivity index (χ4v) is 2.56. The number of carbonyl (C=O) groups is 1. The molecule has 0 aromatic heterocycles. The van der Waals surface area contributed by atoms with E-state index < -0.39 is 16.8 Å². The molecule has 2 rings (SSSR count). The van der Waals surface area contributed by atoms with Gasteiger partial charge in [0.25, 0.3) is 5.69 Å². The summed E-state index contributed by atoms with van der Waals surface area (Å²) in [4.78, 5) is 20.9. The van der Waals surface area contributed by atoms with E-state index >= 15 is 0 Å². The van der Waals surface area contributed by atoms with Crippen LogP contribution < -0.4 is 5.32 Å². The first-order valence-corrected chi connectivity index (χ1v) is 6.45. The van der Waals surface area contributed by atoms with E-state index in [2.05, 4.69) is 5.32 Å². The summed E-state index contributed by atoms with van der Waals surface area (Å²) in [6.45, 7) is 0. The molecule has 0 heterocycles. The number of halogens is 2. The molecule has 0 saturated carbocycles. The molecule has 1 aliphatic rings. The van der Waals surface area contributed by atoms with Crippen LogP contribution in [-0.2, 0) is 4.79 Å². The Morgan fingerprint density at radius 3 is 2.40 bits per heavy atom. The van der Waals surface area contributed by atoms with Crippen molar-refractivity contribution in [2.45, 2.75) is 12.5 Å². The van der Waals surface area contributed by atoms with Crippen LogP contribution in [0.1, 0.15) is 6.42 Å². The zero-order valence-electron chi connectivity index (χ0n) is 10.0. The lowest BCUT2D eigenvalue weighted by molar-refractivity contribution is -0.384. The van der Waals surface area contributed by atoms with Crippen LogP contribution >= 0.6 is 23.2 Å². The topological polar surface area (TPSA) is 92.5 Å². The van der Waals surface area contributed by atoms with E-state index in [1.54, 1.807) is 12.2 Å². The maximum Gasteiger partial charge on any atom is 0.310 e. The van der Waals surface area contributed by atoms with Gasteiger partial charge in [-0.3, -0.25) is 14.9 Å². The number of anilines is 1. The van der Waals surface area contributed by atoms with Crippen LogP contribution in [0.25, 0.3) is 0 Å². The fourth-order valence-electron chi connectivity index (χ4n) is 1.98. The predicted molar refractivity (Wildman–Crippen MR) is 75.4 cm³/mol. The highest BCUT2D eigenvalue weighted by Crippen LogP contribution is 2.36. The second-order valence-electron chi connectivity index (χ2n) is 4.36. The Bertz CT molecular complexity index is 580. The zero-order chi connectivity index (χ0) is 14.9. The van der Waals surface area contributed by atoms with E-state index in [0.717, 1.165) is 0 Å². The molecule has 1 aromatic carbocycles. The Hall–Kier alpha value is -1.79. The molecule has 2 atom stereocenters. The van der Waals surface area contributed by atoms with Crippen LogP contribution in [0.2, 0.25) is 10.0 Å². The van der Waals surface area contributed by atoms with E-state index in [1.807, 2.05) is 0 Å². The van der Waals surface area contributed by atoms with Gasteiger partial charge >= 0.3 is 5.97 Å². The number of rotatable bonds is 4. The fraction of sp³-hybridized carbons (Fsp3) is 0.250. The summed E-state index contributed by atoms with van der Waals surface area (Å²) >= 11 is 11.9. The van der Waals surface area contributed by atoms with Crippen molar-refractivity contribution in [1.29, 1.82) is 0 Å². The van der Waals surface area contributed by atoms with Gasteiger partial charge in [-0.1, -0.05) is 35.4 Å². The van der Waals surface area contributed by atoms with E-state index in [0.29, 0.717) is 12.1 Å². The second-order valence-corrected chi connectivity index (χ2v) is 5.17. The van der Waals surface area contributed by atoms with Crippen molar-refractivity contribution in [2.75, 3.05) is 5.32 Å². The summed E-state index contributed by atoms with van der Waals surface area (Å²) in [5.74, 6) is -1.45. The van der Waals surface area contributed by atoms with Gasteiger partial charge in [0.1, 0.15) is 0 Å². The van der Waals surface area contributed by atoms with Gasteiger partial charge in [0.15, 0.2) is 0 Å². The number of nitro groups is 1. The number of nitrogens with zero attached hydrogens (tertiary/aromatic N) is 1. The normalized spacial score (nSPS) is 20.9. The van der Waals surface area contributed by atoms with E-state index in [4.69, 9.17) is 28.3 Å². The van der Waals surface area contributed by atoms with Gasteiger partial charge in [-0.05, 0) is 6.42 Å². The van der Waals surface area contributed by atoms with Crippen molar-refractivity contribution in [2.24, 2.45) is 5.92 Å². The lowest BCUT2D eigenvalue weighted by Gasteiger charge is -2.16. The van der Waals surface area contributed by atoms with Crippen LogP contribution in [0.3, 0.4) is 0 Å². The molecule has 0 amide bonds. The first-order valence-electron chi connectivity index (χ1n) is 5.69. The third kappa shape index (κ3) is 3.02. The lowest BCUT2D eigenvalue weighted by Crippen LogP contribution is -2.19. The summed E-state index contributed by atoms with van der Waals surface area (Å²) < 4.78 is 0. The molecular formula is C12H10Cl2N2O4. The molecule has 8 heteroatoms. The number of nitrogens with one attached hydrogen (secondary N) is 1. The number of carboxylic acid groups (broad SMARTS) is 1. The first-order chi connectivity index (χ1) is 9.38.